The van der Waals surface area contributed by atoms with Gasteiger partial charge in [0.05, 0.1) is 18.4 Å². The van der Waals surface area contributed by atoms with E-state index in [1.165, 1.54) is 0 Å². The number of likely N-dealkylation sites (tertiary alicyclic amines) is 1. The monoisotopic (exact) mass is 490 g/mol. The molecule has 36 heavy (non-hydrogen) atoms. The van der Waals surface area contributed by atoms with Crippen molar-refractivity contribution in [2.75, 3.05) is 18.5 Å². The van der Waals surface area contributed by atoms with E-state index in [0.29, 0.717) is 18.0 Å². The molecule has 3 amide bonds. The summed E-state index contributed by atoms with van der Waals surface area (Å²) in [5.74, 6) is -1.35. The molecule has 1 aliphatic heterocycles. The molecule has 0 aromatic heterocycles. The van der Waals surface area contributed by atoms with Crippen molar-refractivity contribution in [1.82, 2.24) is 4.90 Å². The van der Waals surface area contributed by atoms with Gasteiger partial charge in [-0.2, -0.15) is 0 Å². The Morgan fingerprint density at radius 1 is 0.972 bits per heavy atom. The van der Waals surface area contributed by atoms with Gasteiger partial charge in [-0.3, -0.25) is 19.3 Å². The van der Waals surface area contributed by atoms with Crippen LogP contribution in [0.3, 0.4) is 0 Å². The zero-order valence-corrected chi connectivity index (χ0v) is 20.2. The second kappa shape index (κ2) is 10.1. The van der Waals surface area contributed by atoms with Crippen LogP contribution in [0.25, 0.3) is 0 Å². The van der Waals surface area contributed by atoms with Crippen LogP contribution in [-0.2, 0) is 30.3 Å². The van der Waals surface area contributed by atoms with Crippen molar-refractivity contribution in [1.29, 1.82) is 0 Å². The number of hydrogen-bond acceptors (Lipinski definition) is 6. The summed E-state index contributed by atoms with van der Waals surface area (Å²) in [6.45, 7) is 1.90. The van der Waals surface area contributed by atoms with Gasteiger partial charge in [0, 0.05) is 12.1 Å². The fourth-order valence-corrected chi connectivity index (χ4v) is 6.09. The highest BCUT2D eigenvalue weighted by Crippen LogP contribution is 2.56. The fourth-order valence-electron chi connectivity index (χ4n) is 6.09. The quantitative estimate of drug-likeness (QED) is 0.428. The minimum Gasteiger partial charge on any atom is -0.494 e. The number of fused-ring (bicyclic) bond motifs is 5. The highest BCUT2D eigenvalue weighted by molar-refractivity contribution is 6.08. The number of carbonyl (C=O) groups excluding carboxylic acids is 4. The lowest BCUT2D eigenvalue weighted by Crippen LogP contribution is -2.48. The molecule has 2 aliphatic carbocycles. The Morgan fingerprint density at radius 2 is 1.61 bits per heavy atom. The Kier molecular flexibility index (Phi) is 6.76. The smallest absolute Gasteiger partial charge is 0.330 e. The predicted octanol–water partition coefficient (Wildman–Crippen LogP) is 3.21. The molecule has 1 saturated heterocycles. The van der Waals surface area contributed by atoms with Crippen molar-refractivity contribution in [2.45, 2.75) is 38.6 Å². The number of esters is 1. The first-order valence-corrected chi connectivity index (χ1v) is 12.6. The zero-order valence-electron chi connectivity index (χ0n) is 20.2. The number of nitrogens with zero attached hydrogens (tertiary/aromatic N) is 1. The largest absolute Gasteiger partial charge is 0.494 e. The van der Waals surface area contributed by atoms with Crippen molar-refractivity contribution < 1.29 is 28.7 Å². The third kappa shape index (κ3) is 4.59. The number of amides is 3. The number of rotatable bonds is 9. The molecule has 5 atom stereocenters. The molecule has 3 fully saturated rings. The first kappa shape index (κ1) is 24.0. The third-order valence-electron chi connectivity index (χ3n) is 7.61. The van der Waals surface area contributed by atoms with Gasteiger partial charge in [0.15, 0.2) is 6.61 Å². The highest BCUT2D eigenvalue weighted by Gasteiger charge is 2.62. The summed E-state index contributed by atoms with van der Waals surface area (Å²) in [5, 5.41) is 2.68. The molecule has 3 aliphatic rings. The Morgan fingerprint density at radius 3 is 2.22 bits per heavy atom. The van der Waals surface area contributed by atoms with E-state index < -0.39 is 24.5 Å². The normalized spacial score (nSPS) is 25.0. The minimum absolute atomic E-state index is 0.145. The van der Waals surface area contributed by atoms with E-state index in [-0.39, 0.29) is 41.9 Å². The molecule has 1 heterocycles. The number of carbonyl (C=O) groups is 4. The van der Waals surface area contributed by atoms with Gasteiger partial charge in [0.1, 0.15) is 11.8 Å². The van der Waals surface area contributed by atoms with Gasteiger partial charge in [-0.1, -0.05) is 30.3 Å². The summed E-state index contributed by atoms with van der Waals surface area (Å²) in [7, 11) is 0. The number of anilines is 1. The van der Waals surface area contributed by atoms with E-state index in [4.69, 9.17) is 9.47 Å². The van der Waals surface area contributed by atoms with Crippen LogP contribution >= 0.6 is 0 Å². The molecular formula is C28H30N2O6. The summed E-state index contributed by atoms with van der Waals surface area (Å²) < 4.78 is 10.7. The zero-order chi connectivity index (χ0) is 25.2. The number of imide groups is 1. The topological polar surface area (TPSA) is 102 Å². The van der Waals surface area contributed by atoms with Gasteiger partial charge in [-0.15, -0.1) is 0 Å². The molecule has 0 unspecified atom stereocenters. The summed E-state index contributed by atoms with van der Waals surface area (Å²) in [4.78, 5) is 53.6. The lowest BCUT2D eigenvalue weighted by molar-refractivity contribution is -0.160. The summed E-state index contributed by atoms with van der Waals surface area (Å²) in [6.07, 6.45) is 2.98. The molecule has 1 N–H and O–H groups in total. The Labute approximate surface area is 209 Å². The second-order valence-electron chi connectivity index (χ2n) is 9.75. The first-order valence-electron chi connectivity index (χ1n) is 12.6. The van der Waals surface area contributed by atoms with Crippen LogP contribution in [0.4, 0.5) is 5.69 Å². The molecule has 2 saturated carbocycles. The molecule has 0 radical (unpaired) electrons. The fraction of sp³-hybridized carbons (Fsp3) is 0.429. The van der Waals surface area contributed by atoms with E-state index >= 15 is 0 Å². The minimum atomic E-state index is -1.10. The molecule has 5 rings (SSSR count). The predicted molar refractivity (Wildman–Crippen MR) is 131 cm³/mol. The van der Waals surface area contributed by atoms with E-state index in [1.807, 2.05) is 37.3 Å². The van der Waals surface area contributed by atoms with Gasteiger partial charge in [0.2, 0.25) is 11.8 Å². The summed E-state index contributed by atoms with van der Waals surface area (Å²) >= 11 is 0. The number of ether oxygens (including phenoxy) is 2. The Hall–Kier alpha value is -3.68. The van der Waals surface area contributed by atoms with Crippen molar-refractivity contribution in [2.24, 2.45) is 23.7 Å². The van der Waals surface area contributed by atoms with Crippen LogP contribution in [0.15, 0.2) is 54.6 Å². The summed E-state index contributed by atoms with van der Waals surface area (Å²) in [6, 6.07) is 15.0. The highest BCUT2D eigenvalue weighted by atomic mass is 16.5. The molecule has 8 nitrogen and oxygen atoms in total. The maximum absolute atomic E-state index is 13.4. The van der Waals surface area contributed by atoms with Crippen molar-refractivity contribution in [3.8, 4) is 5.75 Å². The van der Waals surface area contributed by atoms with Crippen LogP contribution in [-0.4, -0.2) is 47.8 Å². The SMILES string of the molecule is CCOc1ccc(NC(=O)COC(=O)[C@H](Cc2ccccc2)N2C(=O)[C@@H]3[C@H]4CC[C@@H](C4)[C@@H]3C2=O)cc1. The van der Waals surface area contributed by atoms with E-state index in [0.717, 1.165) is 29.7 Å². The number of hydrogen-bond donors (Lipinski definition) is 1. The maximum atomic E-state index is 13.4. The Bertz CT molecular complexity index is 1120. The summed E-state index contributed by atoms with van der Waals surface area (Å²) in [5.41, 5.74) is 1.34. The van der Waals surface area contributed by atoms with E-state index in [9.17, 15) is 19.2 Å². The standard InChI is InChI=1S/C28H30N2O6/c1-2-35-21-12-10-20(11-13-21)29-23(31)16-36-28(34)22(14-17-6-4-3-5-7-17)30-26(32)24-18-8-9-19(15-18)25(24)27(30)33/h3-7,10-13,18-19,22,24-25H,2,8-9,14-16H2,1H3,(H,29,31)/t18-,19-,22-,24-,25+/m0/s1. The van der Waals surface area contributed by atoms with Gasteiger partial charge < -0.3 is 14.8 Å². The Balaban J connectivity index is 1.27. The van der Waals surface area contributed by atoms with Crippen LogP contribution < -0.4 is 10.1 Å². The van der Waals surface area contributed by atoms with Gasteiger partial charge in [-0.05, 0) is 67.9 Å². The van der Waals surface area contributed by atoms with Gasteiger partial charge in [-0.25, -0.2) is 4.79 Å². The maximum Gasteiger partial charge on any atom is 0.330 e. The third-order valence-corrected chi connectivity index (χ3v) is 7.61. The number of nitrogens with one attached hydrogen (secondary N) is 1. The molecule has 188 valence electrons. The van der Waals surface area contributed by atoms with Crippen LogP contribution in [0.5, 0.6) is 5.75 Å². The molecule has 0 spiro atoms. The lowest BCUT2D eigenvalue weighted by Gasteiger charge is -2.26. The van der Waals surface area contributed by atoms with E-state index in [2.05, 4.69) is 5.32 Å². The average Bonchev–Trinajstić information content (AvgIpc) is 3.57. The van der Waals surface area contributed by atoms with Gasteiger partial charge >= 0.3 is 5.97 Å². The van der Waals surface area contributed by atoms with Crippen LogP contribution in [0.2, 0.25) is 0 Å². The van der Waals surface area contributed by atoms with E-state index in [1.54, 1.807) is 24.3 Å². The molecule has 2 aromatic rings. The second-order valence-corrected chi connectivity index (χ2v) is 9.75. The van der Waals surface area contributed by atoms with Crippen LogP contribution in [0, 0.1) is 23.7 Å². The number of benzene rings is 2. The molecule has 8 heteroatoms. The lowest BCUT2D eigenvalue weighted by atomic mass is 9.81. The van der Waals surface area contributed by atoms with Crippen molar-refractivity contribution in [3.05, 3.63) is 60.2 Å². The molecular weight excluding hydrogens is 460 g/mol. The average molecular weight is 491 g/mol. The molecule has 2 aromatic carbocycles. The van der Waals surface area contributed by atoms with Crippen molar-refractivity contribution >= 4 is 29.4 Å². The van der Waals surface area contributed by atoms with Crippen LogP contribution in [0.1, 0.15) is 31.7 Å². The van der Waals surface area contributed by atoms with Crippen molar-refractivity contribution in [3.63, 3.8) is 0 Å². The molecule has 2 bridgehead atoms. The first-order chi connectivity index (χ1) is 17.5. The van der Waals surface area contributed by atoms with Gasteiger partial charge in [0.25, 0.3) is 5.91 Å².